The molecule has 0 radical (unpaired) electrons. The van der Waals surface area contributed by atoms with Crippen LogP contribution in [-0.4, -0.2) is 77.3 Å². The summed E-state index contributed by atoms with van der Waals surface area (Å²) in [6.45, 7) is 7.10. The number of thiazole rings is 1. The van der Waals surface area contributed by atoms with Gasteiger partial charge in [0.25, 0.3) is 5.91 Å². The van der Waals surface area contributed by atoms with Gasteiger partial charge in [0, 0.05) is 55.3 Å². The van der Waals surface area contributed by atoms with Crippen LogP contribution in [0.15, 0.2) is 34.5 Å². The highest BCUT2D eigenvalue weighted by atomic mass is 32.2. The molecule has 0 bridgehead atoms. The zero-order chi connectivity index (χ0) is 20.9. The SMILES string of the molecule is Cc1nc(CSc2ccccc2C(=O)N2CCN(CC(=O)N3CCCC3)CC2)cs1. The first-order chi connectivity index (χ1) is 14.6. The Labute approximate surface area is 186 Å². The molecule has 2 saturated heterocycles. The van der Waals surface area contributed by atoms with E-state index >= 15 is 0 Å². The molecule has 4 rings (SSSR count). The van der Waals surface area contributed by atoms with Gasteiger partial charge in [-0.2, -0.15) is 0 Å². The quantitative estimate of drug-likeness (QED) is 0.641. The maximum absolute atomic E-state index is 13.2. The number of likely N-dealkylation sites (tertiary alicyclic amines) is 1. The second-order valence-electron chi connectivity index (χ2n) is 7.80. The fourth-order valence-corrected chi connectivity index (χ4v) is 5.59. The minimum Gasteiger partial charge on any atom is -0.342 e. The summed E-state index contributed by atoms with van der Waals surface area (Å²) in [6, 6.07) is 7.84. The van der Waals surface area contributed by atoms with Crippen LogP contribution in [0.4, 0.5) is 0 Å². The van der Waals surface area contributed by atoms with Crippen LogP contribution >= 0.6 is 23.1 Å². The highest BCUT2D eigenvalue weighted by Gasteiger charge is 2.26. The van der Waals surface area contributed by atoms with Crippen molar-refractivity contribution in [2.45, 2.75) is 30.4 Å². The molecule has 2 aliphatic rings. The zero-order valence-corrected chi connectivity index (χ0v) is 19.0. The monoisotopic (exact) mass is 444 g/mol. The number of aryl methyl sites for hydroxylation is 1. The number of rotatable bonds is 6. The van der Waals surface area contributed by atoms with E-state index in [1.165, 1.54) is 0 Å². The van der Waals surface area contributed by atoms with Crippen LogP contribution < -0.4 is 0 Å². The van der Waals surface area contributed by atoms with Crippen molar-refractivity contribution in [2.75, 3.05) is 45.8 Å². The molecular weight excluding hydrogens is 416 g/mol. The van der Waals surface area contributed by atoms with Crippen LogP contribution in [-0.2, 0) is 10.5 Å². The fraction of sp³-hybridized carbons (Fsp3) is 0.500. The predicted octanol–water partition coefficient (Wildman–Crippen LogP) is 3.12. The van der Waals surface area contributed by atoms with Gasteiger partial charge in [0.2, 0.25) is 5.91 Å². The summed E-state index contributed by atoms with van der Waals surface area (Å²) in [5.41, 5.74) is 1.82. The normalized spacial score (nSPS) is 17.5. The Bertz CT molecular complexity index is 887. The first kappa shape index (κ1) is 21.3. The summed E-state index contributed by atoms with van der Waals surface area (Å²) in [6.07, 6.45) is 2.24. The lowest BCUT2D eigenvalue weighted by molar-refractivity contribution is -0.131. The maximum atomic E-state index is 13.2. The molecule has 30 heavy (non-hydrogen) atoms. The Morgan fingerprint density at radius 2 is 1.77 bits per heavy atom. The van der Waals surface area contributed by atoms with Crippen molar-refractivity contribution in [1.29, 1.82) is 0 Å². The molecule has 3 heterocycles. The van der Waals surface area contributed by atoms with Crippen molar-refractivity contribution in [1.82, 2.24) is 19.7 Å². The van der Waals surface area contributed by atoms with Crippen LogP contribution in [0.3, 0.4) is 0 Å². The lowest BCUT2D eigenvalue weighted by atomic mass is 10.2. The summed E-state index contributed by atoms with van der Waals surface area (Å²) >= 11 is 3.32. The third-order valence-corrected chi connectivity index (χ3v) is 7.57. The van der Waals surface area contributed by atoms with E-state index in [2.05, 4.69) is 15.3 Å². The standard InChI is InChI=1S/C22H28N4O2S2/c1-17-23-18(15-29-17)16-30-20-7-3-2-6-19(20)22(28)26-12-10-24(11-13-26)14-21(27)25-8-4-5-9-25/h2-3,6-7,15H,4-5,8-14,16H2,1H3. The Kier molecular flexibility index (Phi) is 7.07. The maximum Gasteiger partial charge on any atom is 0.255 e. The van der Waals surface area contributed by atoms with Crippen molar-refractivity contribution in [2.24, 2.45) is 0 Å². The molecule has 1 aromatic carbocycles. The van der Waals surface area contributed by atoms with Gasteiger partial charge in [-0.3, -0.25) is 14.5 Å². The second kappa shape index (κ2) is 9.94. The average Bonchev–Trinajstić information content (AvgIpc) is 3.44. The summed E-state index contributed by atoms with van der Waals surface area (Å²) in [4.78, 5) is 37.1. The van der Waals surface area contributed by atoms with Gasteiger partial charge in [-0.15, -0.1) is 23.1 Å². The minimum absolute atomic E-state index is 0.0816. The van der Waals surface area contributed by atoms with Gasteiger partial charge in [-0.25, -0.2) is 4.98 Å². The second-order valence-corrected chi connectivity index (χ2v) is 9.88. The number of carbonyl (C=O) groups is 2. The topological polar surface area (TPSA) is 56.8 Å². The molecule has 1 aromatic heterocycles. The minimum atomic E-state index is 0.0816. The Morgan fingerprint density at radius 1 is 1.03 bits per heavy atom. The molecule has 2 aliphatic heterocycles. The lowest BCUT2D eigenvalue weighted by Crippen LogP contribution is -2.51. The number of piperazine rings is 1. The third kappa shape index (κ3) is 5.22. The summed E-state index contributed by atoms with van der Waals surface area (Å²) in [7, 11) is 0. The first-order valence-corrected chi connectivity index (χ1v) is 12.4. The van der Waals surface area contributed by atoms with E-state index in [1.54, 1.807) is 23.1 Å². The smallest absolute Gasteiger partial charge is 0.255 e. The van der Waals surface area contributed by atoms with E-state index in [-0.39, 0.29) is 11.8 Å². The van der Waals surface area contributed by atoms with Gasteiger partial charge in [0.05, 0.1) is 22.8 Å². The van der Waals surface area contributed by atoms with Crippen molar-refractivity contribution < 1.29 is 9.59 Å². The van der Waals surface area contributed by atoms with Gasteiger partial charge >= 0.3 is 0 Å². The number of nitrogens with zero attached hydrogens (tertiary/aromatic N) is 4. The molecule has 0 N–H and O–H groups in total. The lowest BCUT2D eigenvalue weighted by Gasteiger charge is -2.35. The van der Waals surface area contributed by atoms with Crippen LogP contribution in [0.5, 0.6) is 0 Å². The molecular formula is C22H28N4O2S2. The molecule has 160 valence electrons. The molecule has 0 unspecified atom stereocenters. The molecule has 0 aliphatic carbocycles. The summed E-state index contributed by atoms with van der Waals surface area (Å²) < 4.78 is 0. The molecule has 2 amide bonds. The van der Waals surface area contributed by atoms with Crippen molar-refractivity contribution >= 4 is 34.9 Å². The molecule has 0 saturated carbocycles. The Hall–Kier alpha value is -1.90. The zero-order valence-electron chi connectivity index (χ0n) is 17.4. The van der Waals surface area contributed by atoms with Crippen molar-refractivity contribution in [3.63, 3.8) is 0 Å². The van der Waals surface area contributed by atoms with E-state index in [0.29, 0.717) is 19.6 Å². The van der Waals surface area contributed by atoms with Gasteiger partial charge in [-0.05, 0) is 31.9 Å². The van der Waals surface area contributed by atoms with Gasteiger partial charge in [0.15, 0.2) is 0 Å². The molecule has 6 nitrogen and oxygen atoms in total. The predicted molar refractivity (Wildman–Crippen MR) is 121 cm³/mol. The van der Waals surface area contributed by atoms with Gasteiger partial charge < -0.3 is 9.80 Å². The number of aromatic nitrogens is 1. The number of hydrogen-bond donors (Lipinski definition) is 0. The van der Waals surface area contributed by atoms with Crippen LogP contribution in [0.2, 0.25) is 0 Å². The molecule has 2 aromatic rings. The Balaban J connectivity index is 1.32. The van der Waals surface area contributed by atoms with E-state index in [1.807, 2.05) is 41.0 Å². The number of carbonyl (C=O) groups excluding carboxylic acids is 2. The number of thioether (sulfide) groups is 1. The first-order valence-electron chi connectivity index (χ1n) is 10.5. The highest BCUT2D eigenvalue weighted by Crippen LogP contribution is 2.28. The Morgan fingerprint density at radius 3 is 2.47 bits per heavy atom. The van der Waals surface area contributed by atoms with Crippen LogP contribution in [0.1, 0.15) is 33.9 Å². The number of hydrogen-bond acceptors (Lipinski definition) is 6. The number of benzene rings is 1. The molecule has 8 heteroatoms. The van der Waals surface area contributed by atoms with E-state index in [0.717, 1.165) is 65.9 Å². The van der Waals surface area contributed by atoms with E-state index < -0.39 is 0 Å². The van der Waals surface area contributed by atoms with Crippen LogP contribution in [0, 0.1) is 6.92 Å². The fourth-order valence-electron chi connectivity index (χ4n) is 3.93. The summed E-state index contributed by atoms with van der Waals surface area (Å²) in [5.74, 6) is 1.07. The third-order valence-electron chi connectivity index (χ3n) is 5.64. The van der Waals surface area contributed by atoms with Crippen molar-refractivity contribution in [3.05, 3.63) is 45.9 Å². The summed E-state index contributed by atoms with van der Waals surface area (Å²) in [5, 5.41) is 3.14. The molecule has 0 atom stereocenters. The number of amides is 2. The van der Waals surface area contributed by atoms with Crippen LogP contribution in [0.25, 0.3) is 0 Å². The average molecular weight is 445 g/mol. The van der Waals surface area contributed by atoms with Gasteiger partial charge in [0.1, 0.15) is 0 Å². The largest absolute Gasteiger partial charge is 0.342 e. The van der Waals surface area contributed by atoms with E-state index in [4.69, 9.17) is 0 Å². The van der Waals surface area contributed by atoms with E-state index in [9.17, 15) is 9.59 Å². The molecule has 2 fully saturated rings. The highest BCUT2D eigenvalue weighted by molar-refractivity contribution is 7.98. The van der Waals surface area contributed by atoms with Crippen molar-refractivity contribution in [3.8, 4) is 0 Å². The van der Waals surface area contributed by atoms with Gasteiger partial charge in [-0.1, -0.05) is 12.1 Å². The molecule has 0 spiro atoms.